The van der Waals surface area contributed by atoms with Crippen LogP contribution in [-0.4, -0.2) is 45.6 Å². The lowest BCUT2D eigenvalue weighted by Crippen LogP contribution is -2.71. The van der Waals surface area contributed by atoms with Crippen molar-refractivity contribution in [2.45, 2.75) is 70.0 Å². The summed E-state index contributed by atoms with van der Waals surface area (Å²) in [5, 5.41) is 14.0. The number of nitrogens with one attached hydrogen (secondary N) is 1. The fourth-order valence-corrected chi connectivity index (χ4v) is 6.46. The minimum absolute atomic E-state index is 0.0609. The number of carbonyl (C=O) groups is 3. The maximum Gasteiger partial charge on any atom is 0.408 e. The molecule has 1 N–H and O–H groups in total. The number of fused-ring (bicyclic) bond motifs is 2. The molecule has 162 valence electrons. The molecule has 0 spiro atoms. The molecule has 2 aliphatic heterocycles. The van der Waals surface area contributed by atoms with Crippen LogP contribution in [0.2, 0.25) is 0 Å². The summed E-state index contributed by atoms with van der Waals surface area (Å²) in [6, 6.07) is -0.803. The second kappa shape index (κ2) is 7.88. The standard InChI is InChI=1S/C20H25N3O5S2/c1-20(2,3)28-19(27)21-14-16(24)23-15(18(25)26)11(9-29-17(14)23)8-22-10-30-13-7-5-4-6-12(13)22/h10,14,17H,4-9H2,1-3H3,(H-,21,25,26,27)/t14-,17-/m1/s1. The van der Waals surface area contributed by atoms with E-state index in [2.05, 4.69) is 9.88 Å². The Bertz CT molecular complexity index is 933. The number of carboxylic acid groups (broad SMARTS) is 1. The number of carbonyl (C=O) groups excluding carboxylic acids is 3. The molecule has 3 aliphatic rings. The van der Waals surface area contributed by atoms with Crippen molar-refractivity contribution in [3.63, 3.8) is 0 Å². The predicted octanol–water partition coefficient (Wildman–Crippen LogP) is 0.727. The van der Waals surface area contributed by atoms with E-state index in [0.29, 0.717) is 17.9 Å². The van der Waals surface area contributed by atoms with Gasteiger partial charge in [-0.15, -0.1) is 11.8 Å². The van der Waals surface area contributed by atoms with Gasteiger partial charge in [0.1, 0.15) is 17.0 Å². The van der Waals surface area contributed by atoms with E-state index in [-0.39, 0.29) is 5.70 Å². The van der Waals surface area contributed by atoms with Crippen molar-refractivity contribution in [1.82, 2.24) is 10.2 Å². The summed E-state index contributed by atoms with van der Waals surface area (Å²) < 4.78 is 7.33. The zero-order valence-electron chi connectivity index (χ0n) is 17.2. The molecule has 30 heavy (non-hydrogen) atoms. The lowest BCUT2D eigenvalue weighted by molar-refractivity contribution is -0.692. The van der Waals surface area contributed by atoms with Crippen LogP contribution in [0.25, 0.3) is 0 Å². The molecule has 10 heteroatoms. The number of aryl methyl sites for hydroxylation is 1. The summed E-state index contributed by atoms with van der Waals surface area (Å²) in [5.41, 5.74) is 3.22. The number of aliphatic carboxylic acids is 1. The Hall–Kier alpha value is -2.07. The summed E-state index contributed by atoms with van der Waals surface area (Å²) in [5.74, 6) is -1.35. The molecular formula is C20H25N3O5S2. The van der Waals surface area contributed by atoms with Crippen LogP contribution in [0.4, 0.5) is 4.79 Å². The number of nitrogens with zero attached hydrogens (tertiary/aromatic N) is 2. The van der Waals surface area contributed by atoms with E-state index >= 15 is 0 Å². The number of alkyl carbamates (subject to hydrolysis) is 1. The maximum atomic E-state index is 12.7. The van der Waals surface area contributed by atoms with Crippen molar-refractivity contribution >= 4 is 41.1 Å². The van der Waals surface area contributed by atoms with Crippen LogP contribution in [0.5, 0.6) is 0 Å². The van der Waals surface area contributed by atoms with Crippen LogP contribution in [0.3, 0.4) is 0 Å². The Balaban J connectivity index is 1.53. The molecular weight excluding hydrogens is 426 g/mol. The zero-order chi connectivity index (χ0) is 21.6. The van der Waals surface area contributed by atoms with Crippen molar-refractivity contribution in [3.05, 3.63) is 27.4 Å². The summed E-state index contributed by atoms with van der Waals surface area (Å²) in [7, 11) is 0. The zero-order valence-corrected chi connectivity index (χ0v) is 18.9. The Morgan fingerprint density at radius 1 is 1.33 bits per heavy atom. The summed E-state index contributed by atoms with van der Waals surface area (Å²) >= 11 is 3.16. The van der Waals surface area contributed by atoms with Gasteiger partial charge in [0.25, 0.3) is 5.91 Å². The molecule has 1 aromatic heterocycles. The van der Waals surface area contributed by atoms with Crippen molar-refractivity contribution < 1.29 is 28.8 Å². The van der Waals surface area contributed by atoms with Crippen LogP contribution in [0.15, 0.2) is 16.8 Å². The number of ether oxygens (including phenoxy) is 1. The summed E-state index contributed by atoms with van der Waals surface area (Å²) in [6.45, 7) is 5.64. The molecule has 1 aromatic rings. The molecule has 3 heterocycles. The molecule has 4 rings (SSSR count). The van der Waals surface area contributed by atoms with E-state index in [1.165, 1.54) is 33.7 Å². The minimum Gasteiger partial charge on any atom is -0.543 e. The van der Waals surface area contributed by atoms with Crippen molar-refractivity contribution in [2.75, 3.05) is 5.75 Å². The second-order valence-electron chi connectivity index (χ2n) is 8.70. The Kier molecular flexibility index (Phi) is 5.56. The highest BCUT2D eigenvalue weighted by Crippen LogP contribution is 2.40. The van der Waals surface area contributed by atoms with Gasteiger partial charge in [-0.25, -0.2) is 4.79 Å². The van der Waals surface area contributed by atoms with Crippen molar-refractivity contribution in [1.29, 1.82) is 0 Å². The van der Waals surface area contributed by atoms with Gasteiger partial charge in [0.15, 0.2) is 12.2 Å². The van der Waals surface area contributed by atoms with Crippen LogP contribution in [-0.2, 0) is 33.7 Å². The number of aromatic nitrogens is 1. The number of thiazole rings is 1. The SMILES string of the molecule is CC(C)(C)OC(=O)N[C@@H]1C(=O)N2C(C(=O)[O-])=C(C[n+]3csc4c3CCCC4)CS[C@H]12. The first-order chi connectivity index (χ1) is 14.2. The maximum absolute atomic E-state index is 12.7. The first-order valence-electron chi connectivity index (χ1n) is 10.0. The topological polar surface area (TPSA) is 103 Å². The number of rotatable bonds is 4. The van der Waals surface area contributed by atoms with Crippen LogP contribution >= 0.6 is 23.1 Å². The molecule has 0 aromatic carbocycles. The van der Waals surface area contributed by atoms with Gasteiger partial charge >= 0.3 is 6.09 Å². The van der Waals surface area contributed by atoms with Crippen LogP contribution < -0.4 is 15.0 Å². The van der Waals surface area contributed by atoms with E-state index in [9.17, 15) is 19.5 Å². The van der Waals surface area contributed by atoms with Crippen molar-refractivity contribution in [3.8, 4) is 0 Å². The third-order valence-corrected chi connectivity index (χ3v) is 7.76. The third-order valence-electron chi connectivity index (χ3n) is 5.33. The van der Waals surface area contributed by atoms with E-state index in [1.54, 1.807) is 32.1 Å². The number of thioether (sulfide) groups is 1. The average molecular weight is 452 g/mol. The van der Waals surface area contributed by atoms with Gasteiger partial charge < -0.3 is 20.0 Å². The Morgan fingerprint density at radius 3 is 2.77 bits per heavy atom. The molecule has 1 fully saturated rings. The summed E-state index contributed by atoms with van der Waals surface area (Å²) in [6.07, 6.45) is 3.69. The molecule has 0 saturated carbocycles. The van der Waals surface area contributed by atoms with Crippen molar-refractivity contribution in [2.24, 2.45) is 0 Å². The molecule has 2 amide bonds. The quantitative estimate of drug-likeness (QED) is 0.535. The van der Waals surface area contributed by atoms with Gasteiger partial charge in [-0.3, -0.25) is 9.69 Å². The first-order valence-corrected chi connectivity index (χ1v) is 11.9. The number of β-lactam (4-membered cyclic amide) rings is 1. The molecule has 0 bridgehead atoms. The summed E-state index contributed by atoms with van der Waals surface area (Å²) in [4.78, 5) is 39.3. The van der Waals surface area contributed by atoms with Crippen LogP contribution in [0, 0.1) is 0 Å². The fourth-order valence-electron chi connectivity index (χ4n) is 4.05. The lowest BCUT2D eigenvalue weighted by Gasteiger charge is -2.50. The lowest BCUT2D eigenvalue weighted by atomic mass is 10.0. The monoisotopic (exact) mass is 451 g/mol. The molecule has 0 radical (unpaired) electrons. The number of carboxylic acids is 1. The van der Waals surface area contributed by atoms with Crippen LogP contribution in [0.1, 0.15) is 44.2 Å². The van der Waals surface area contributed by atoms with Gasteiger partial charge in [0.05, 0.1) is 16.5 Å². The molecule has 1 aliphatic carbocycles. The first kappa shape index (κ1) is 21.2. The normalized spacial score (nSPS) is 23.4. The Morgan fingerprint density at radius 2 is 2.07 bits per heavy atom. The van der Waals surface area contributed by atoms with E-state index in [1.807, 2.05) is 5.51 Å². The van der Waals surface area contributed by atoms with E-state index < -0.39 is 35.0 Å². The van der Waals surface area contributed by atoms with E-state index in [0.717, 1.165) is 19.3 Å². The second-order valence-corrected chi connectivity index (χ2v) is 10.7. The highest BCUT2D eigenvalue weighted by Gasteiger charge is 2.53. The number of amides is 2. The predicted molar refractivity (Wildman–Crippen MR) is 109 cm³/mol. The molecule has 0 unspecified atom stereocenters. The number of hydrogen-bond acceptors (Lipinski definition) is 7. The van der Waals surface area contributed by atoms with Gasteiger partial charge in [0, 0.05) is 17.7 Å². The highest BCUT2D eigenvalue weighted by molar-refractivity contribution is 8.00. The molecule has 8 nitrogen and oxygen atoms in total. The molecule has 1 saturated heterocycles. The average Bonchev–Trinajstić information content (AvgIpc) is 3.07. The van der Waals surface area contributed by atoms with Gasteiger partial charge in [-0.2, -0.15) is 4.57 Å². The number of hydrogen-bond donors (Lipinski definition) is 1. The largest absolute Gasteiger partial charge is 0.543 e. The van der Waals surface area contributed by atoms with Gasteiger partial charge in [-0.05, 0) is 40.0 Å². The van der Waals surface area contributed by atoms with Gasteiger partial charge in [-0.1, -0.05) is 11.3 Å². The van der Waals surface area contributed by atoms with Gasteiger partial charge in [0.2, 0.25) is 5.51 Å². The smallest absolute Gasteiger partial charge is 0.408 e. The third kappa shape index (κ3) is 3.94. The highest BCUT2D eigenvalue weighted by atomic mass is 32.2. The van der Waals surface area contributed by atoms with E-state index in [4.69, 9.17) is 4.74 Å². The Labute approximate surface area is 183 Å². The minimum atomic E-state index is -1.36. The fraction of sp³-hybridized carbons (Fsp3) is 0.600. The molecule has 2 atom stereocenters.